The summed E-state index contributed by atoms with van der Waals surface area (Å²) in [6, 6.07) is 4.55. The van der Waals surface area contributed by atoms with E-state index < -0.39 is 10.0 Å². The Kier molecular flexibility index (Phi) is 3.48. The maximum Gasteiger partial charge on any atom is 0.264 e. The number of sulfonamides is 1. The number of halogens is 1. The highest BCUT2D eigenvalue weighted by atomic mass is 79.9. The third-order valence-corrected chi connectivity index (χ3v) is 4.02. The number of benzene rings is 1. The van der Waals surface area contributed by atoms with Gasteiger partial charge in [-0.05, 0) is 18.2 Å². The first-order chi connectivity index (χ1) is 8.49. The molecule has 94 valence electrons. The fourth-order valence-electron chi connectivity index (χ4n) is 1.33. The molecular weight excluding hydrogens is 320 g/mol. The summed E-state index contributed by atoms with van der Waals surface area (Å²) < 4.78 is 27.2. The zero-order valence-electron chi connectivity index (χ0n) is 9.04. The van der Waals surface area contributed by atoms with Crippen molar-refractivity contribution >= 4 is 37.3 Å². The molecule has 0 atom stereocenters. The molecular formula is C10H9BrN4O2S. The van der Waals surface area contributed by atoms with Crippen LogP contribution in [0.3, 0.4) is 0 Å². The molecule has 0 bridgehead atoms. The zero-order chi connectivity index (χ0) is 13.2. The largest absolute Gasteiger partial charge is 0.398 e. The molecule has 2 aromatic rings. The monoisotopic (exact) mass is 328 g/mol. The number of nitrogens with one attached hydrogen (secondary N) is 1. The fraction of sp³-hybridized carbons (Fsp3) is 0. The van der Waals surface area contributed by atoms with Crippen LogP contribution < -0.4 is 10.5 Å². The normalized spacial score (nSPS) is 11.2. The molecule has 0 spiro atoms. The second-order valence-electron chi connectivity index (χ2n) is 3.41. The summed E-state index contributed by atoms with van der Waals surface area (Å²) >= 11 is 3.21. The molecule has 0 aliphatic heterocycles. The molecule has 1 aromatic carbocycles. The number of rotatable bonds is 3. The lowest BCUT2D eigenvalue weighted by Crippen LogP contribution is -2.15. The Balaban J connectivity index is 2.37. The number of nitrogens with two attached hydrogens (primary N) is 1. The number of anilines is 2. The highest BCUT2D eigenvalue weighted by molar-refractivity contribution is 9.10. The van der Waals surface area contributed by atoms with Crippen molar-refractivity contribution < 1.29 is 8.42 Å². The van der Waals surface area contributed by atoms with Crippen LogP contribution in [0.15, 0.2) is 46.3 Å². The zero-order valence-corrected chi connectivity index (χ0v) is 11.4. The first-order valence-electron chi connectivity index (χ1n) is 4.82. The van der Waals surface area contributed by atoms with Crippen LogP contribution in [0.5, 0.6) is 0 Å². The van der Waals surface area contributed by atoms with Gasteiger partial charge in [-0.3, -0.25) is 4.72 Å². The number of aromatic nitrogens is 2. The molecule has 0 amide bonds. The van der Waals surface area contributed by atoms with E-state index in [0.29, 0.717) is 4.47 Å². The average Bonchev–Trinajstić information content (AvgIpc) is 2.29. The second kappa shape index (κ2) is 4.91. The summed E-state index contributed by atoms with van der Waals surface area (Å²) in [6.07, 6.45) is 4.03. The fourth-order valence-corrected chi connectivity index (χ4v) is 2.85. The summed E-state index contributed by atoms with van der Waals surface area (Å²) in [7, 11) is -3.74. The van der Waals surface area contributed by atoms with Crippen LogP contribution in [0.25, 0.3) is 0 Å². The van der Waals surface area contributed by atoms with Crippen LogP contribution in [0.1, 0.15) is 0 Å². The van der Waals surface area contributed by atoms with E-state index in [9.17, 15) is 8.42 Å². The van der Waals surface area contributed by atoms with E-state index in [1.165, 1.54) is 30.9 Å². The van der Waals surface area contributed by atoms with Crippen LogP contribution in [0.4, 0.5) is 11.4 Å². The van der Waals surface area contributed by atoms with Gasteiger partial charge in [0.25, 0.3) is 10.0 Å². The third kappa shape index (κ3) is 2.77. The van der Waals surface area contributed by atoms with E-state index in [2.05, 4.69) is 30.6 Å². The van der Waals surface area contributed by atoms with Crippen LogP contribution in [-0.2, 0) is 10.0 Å². The van der Waals surface area contributed by atoms with Gasteiger partial charge in [0.05, 0.1) is 23.8 Å². The van der Waals surface area contributed by atoms with Crippen molar-refractivity contribution in [2.75, 3.05) is 10.5 Å². The number of nitrogens with zero attached hydrogens (tertiary/aromatic N) is 2. The van der Waals surface area contributed by atoms with Crippen molar-refractivity contribution in [2.24, 2.45) is 0 Å². The highest BCUT2D eigenvalue weighted by Gasteiger charge is 2.17. The summed E-state index contributed by atoms with van der Waals surface area (Å²) in [5.74, 6) is 0. The molecule has 18 heavy (non-hydrogen) atoms. The summed E-state index contributed by atoms with van der Waals surface area (Å²) in [4.78, 5) is 7.45. The van der Waals surface area contributed by atoms with Gasteiger partial charge in [0.15, 0.2) is 0 Å². The van der Waals surface area contributed by atoms with E-state index in [-0.39, 0.29) is 16.3 Å². The van der Waals surface area contributed by atoms with Crippen molar-refractivity contribution in [3.8, 4) is 0 Å². The van der Waals surface area contributed by atoms with Crippen LogP contribution >= 0.6 is 15.9 Å². The molecule has 0 fully saturated rings. The van der Waals surface area contributed by atoms with E-state index in [1.54, 1.807) is 6.07 Å². The minimum absolute atomic E-state index is 0.00885. The smallest absolute Gasteiger partial charge is 0.264 e. The minimum Gasteiger partial charge on any atom is -0.398 e. The first kappa shape index (κ1) is 12.8. The Hall–Kier alpha value is -1.67. The molecule has 1 heterocycles. The SMILES string of the molecule is Nc1cc(Br)ccc1S(=O)(=O)Nc1cncnc1. The van der Waals surface area contributed by atoms with Gasteiger partial charge in [0.1, 0.15) is 11.2 Å². The molecule has 3 N–H and O–H groups in total. The van der Waals surface area contributed by atoms with Gasteiger partial charge in [-0.15, -0.1) is 0 Å². The molecule has 0 saturated carbocycles. The molecule has 2 rings (SSSR count). The number of nitrogen functional groups attached to an aromatic ring is 1. The molecule has 0 unspecified atom stereocenters. The van der Waals surface area contributed by atoms with E-state index >= 15 is 0 Å². The van der Waals surface area contributed by atoms with E-state index in [1.807, 2.05) is 0 Å². The summed E-state index contributed by atoms with van der Waals surface area (Å²) in [5, 5.41) is 0. The van der Waals surface area contributed by atoms with Crippen molar-refractivity contribution in [1.29, 1.82) is 0 Å². The van der Waals surface area contributed by atoms with Gasteiger partial charge >= 0.3 is 0 Å². The van der Waals surface area contributed by atoms with E-state index in [4.69, 9.17) is 5.73 Å². The third-order valence-electron chi connectivity index (χ3n) is 2.07. The van der Waals surface area contributed by atoms with Crippen LogP contribution in [0.2, 0.25) is 0 Å². The minimum atomic E-state index is -3.74. The second-order valence-corrected chi connectivity index (χ2v) is 5.98. The van der Waals surface area contributed by atoms with Gasteiger partial charge in [-0.1, -0.05) is 15.9 Å². The van der Waals surface area contributed by atoms with Gasteiger partial charge in [0, 0.05) is 4.47 Å². The summed E-state index contributed by atoms with van der Waals surface area (Å²) in [6.45, 7) is 0. The Morgan fingerprint density at radius 1 is 1.22 bits per heavy atom. The number of hydrogen-bond acceptors (Lipinski definition) is 5. The van der Waals surface area contributed by atoms with Gasteiger partial charge in [-0.25, -0.2) is 18.4 Å². The lowest BCUT2D eigenvalue weighted by Gasteiger charge is -2.09. The van der Waals surface area contributed by atoms with Crippen molar-refractivity contribution in [1.82, 2.24) is 9.97 Å². The molecule has 1 aromatic heterocycles. The lowest BCUT2D eigenvalue weighted by molar-refractivity contribution is 0.601. The van der Waals surface area contributed by atoms with Crippen molar-refractivity contribution in [3.63, 3.8) is 0 Å². The van der Waals surface area contributed by atoms with E-state index in [0.717, 1.165) is 0 Å². The molecule has 0 aliphatic rings. The molecule has 0 saturated heterocycles. The van der Waals surface area contributed by atoms with Crippen LogP contribution in [0, 0.1) is 0 Å². The number of hydrogen-bond donors (Lipinski definition) is 2. The Morgan fingerprint density at radius 3 is 2.50 bits per heavy atom. The quantitative estimate of drug-likeness (QED) is 0.834. The summed E-state index contributed by atoms with van der Waals surface area (Å²) in [5.41, 5.74) is 6.12. The van der Waals surface area contributed by atoms with Crippen molar-refractivity contribution in [2.45, 2.75) is 4.90 Å². The van der Waals surface area contributed by atoms with Crippen molar-refractivity contribution in [3.05, 3.63) is 41.4 Å². The maximum atomic E-state index is 12.1. The Labute approximate surface area is 112 Å². The first-order valence-corrected chi connectivity index (χ1v) is 7.09. The molecule has 6 nitrogen and oxygen atoms in total. The molecule has 8 heteroatoms. The molecule has 0 aliphatic carbocycles. The Morgan fingerprint density at radius 2 is 1.89 bits per heavy atom. The maximum absolute atomic E-state index is 12.1. The predicted octanol–water partition coefficient (Wildman–Crippen LogP) is 1.62. The molecule has 0 radical (unpaired) electrons. The lowest BCUT2D eigenvalue weighted by atomic mass is 10.3. The van der Waals surface area contributed by atoms with Gasteiger partial charge in [-0.2, -0.15) is 0 Å². The average molecular weight is 329 g/mol. The highest BCUT2D eigenvalue weighted by Crippen LogP contribution is 2.24. The standard InChI is InChI=1S/C10H9BrN4O2S/c11-7-1-2-10(9(12)3-7)18(16,17)15-8-4-13-6-14-5-8/h1-6,15H,12H2. The van der Waals surface area contributed by atoms with Gasteiger partial charge in [0.2, 0.25) is 0 Å². The Bertz CT molecular complexity index is 661. The van der Waals surface area contributed by atoms with Crippen LogP contribution in [-0.4, -0.2) is 18.4 Å². The topological polar surface area (TPSA) is 98.0 Å². The predicted molar refractivity (Wildman–Crippen MR) is 71.4 cm³/mol. The van der Waals surface area contributed by atoms with Gasteiger partial charge < -0.3 is 5.73 Å².